The highest BCUT2D eigenvalue weighted by atomic mass is 32.2. The van der Waals surface area contributed by atoms with Gasteiger partial charge in [0.05, 0.1) is 0 Å². The average Bonchev–Trinajstić information content (AvgIpc) is 1.83. The maximum absolute atomic E-state index is 3.59. The van der Waals surface area contributed by atoms with Crippen molar-refractivity contribution in [2.24, 2.45) is 0 Å². The van der Waals surface area contributed by atoms with Crippen LogP contribution in [-0.2, 0) is 0 Å². The summed E-state index contributed by atoms with van der Waals surface area (Å²) in [5, 5.41) is 3.95. The third-order valence-corrected chi connectivity index (χ3v) is 1.65. The second-order valence-corrected chi connectivity index (χ2v) is 2.46. The predicted molar refractivity (Wildman–Crippen MR) is 41.8 cm³/mol. The van der Waals surface area contributed by atoms with Gasteiger partial charge in [0.2, 0.25) is 0 Å². The van der Waals surface area contributed by atoms with Crippen molar-refractivity contribution in [3.63, 3.8) is 0 Å². The molecule has 46 valence electrons. The zero-order valence-corrected chi connectivity index (χ0v) is 6.29. The highest BCUT2D eigenvalue weighted by Gasteiger charge is 1.78. The van der Waals surface area contributed by atoms with Crippen molar-refractivity contribution >= 4 is 11.8 Å². The molecule has 0 saturated heterocycles. The molecule has 0 aliphatic rings. The van der Waals surface area contributed by atoms with Crippen LogP contribution in [0.2, 0.25) is 0 Å². The minimum absolute atomic E-state index is 1.14. The summed E-state index contributed by atoms with van der Waals surface area (Å²) in [5.41, 5.74) is 1.41. The van der Waals surface area contributed by atoms with Crippen LogP contribution in [0.3, 0.4) is 0 Å². The third-order valence-electron chi connectivity index (χ3n) is 0.923. The standard InChI is InChI=1S/C7H12S/c1-4-7(3)6-8-5-2/h5-6H,2,4H2,1,3H3/b7-6+. The molecule has 8 heavy (non-hydrogen) atoms. The molecule has 0 amide bonds. The minimum Gasteiger partial charge on any atom is -0.107 e. The molecule has 0 radical (unpaired) electrons. The van der Waals surface area contributed by atoms with Crippen LogP contribution in [0.4, 0.5) is 0 Å². The summed E-state index contributed by atoms with van der Waals surface area (Å²) < 4.78 is 0. The molecule has 0 aromatic heterocycles. The van der Waals surface area contributed by atoms with Gasteiger partial charge in [0, 0.05) is 0 Å². The van der Waals surface area contributed by atoms with Gasteiger partial charge in [-0.25, -0.2) is 0 Å². The van der Waals surface area contributed by atoms with Crippen LogP contribution in [0, 0.1) is 0 Å². The topological polar surface area (TPSA) is 0 Å². The van der Waals surface area contributed by atoms with Crippen molar-refractivity contribution in [1.29, 1.82) is 0 Å². The Kier molecular flexibility index (Phi) is 4.87. The summed E-state index contributed by atoms with van der Waals surface area (Å²) in [6, 6.07) is 0. The second-order valence-electron chi connectivity index (χ2n) is 1.62. The Hall–Kier alpha value is -0.170. The molecule has 0 saturated carbocycles. The molecule has 0 fully saturated rings. The maximum Gasteiger partial charge on any atom is -0.0259 e. The number of allylic oxidation sites excluding steroid dienone is 1. The number of hydrogen-bond acceptors (Lipinski definition) is 1. The summed E-state index contributed by atoms with van der Waals surface area (Å²) in [6.07, 6.45) is 1.14. The van der Waals surface area contributed by atoms with Gasteiger partial charge in [0.1, 0.15) is 0 Å². The van der Waals surface area contributed by atoms with Gasteiger partial charge < -0.3 is 0 Å². The van der Waals surface area contributed by atoms with E-state index < -0.39 is 0 Å². The van der Waals surface area contributed by atoms with E-state index in [1.54, 1.807) is 11.8 Å². The smallest absolute Gasteiger partial charge is 0.0259 e. The summed E-state index contributed by atoms with van der Waals surface area (Å²) >= 11 is 1.64. The Balaban J connectivity index is 3.40. The van der Waals surface area contributed by atoms with Crippen molar-refractivity contribution < 1.29 is 0 Å². The molecule has 0 heterocycles. The largest absolute Gasteiger partial charge is 0.107 e. The van der Waals surface area contributed by atoms with Crippen molar-refractivity contribution in [2.45, 2.75) is 20.3 Å². The van der Waals surface area contributed by atoms with Gasteiger partial charge >= 0.3 is 0 Å². The van der Waals surface area contributed by atoms with Gasteiger partial charge in [0.15, 0.2) is 0 Å². The minimum atomic E-state index is 1.14. The van der Waals surface area contributed by atoms with E-state index in [4.69, 9.17) is 0 Å². The van der Waals surface area contributed by atoms with Gasteiger partial charge in [0.25, 0.3) is 0 Å². The molecule has 0 aromatic carbocycles. The predicted octanol–water partition coefficient (Wildman–Crippen LogP) is 3.18. The van der Waals surface area contributed by atoms with Crippen LogP contribution >= 0.6 is 11.8 Å². The lowest BCUT2D eigenvalue weighted by molar-refractivity contribution is 1.11. The van der Waals surface area contributed by atoms with E-state index in [-0.39, 0.29) is 0 Å². The van der Waals surface area contributed by atoms with E-state index in [1.165, 1.54) is 5.57 Å². The Bertz CT molecular complexity index is 92.6. The molecule has 0 N–H and O–H groups in total. The van der Waals surface area contributed by atoms with Gasteiger partial charge in [-0.15, -0.1) is 11.8 Å². The first-order chi connectivity index (χ1) is 3.81. The van der Waals surface area contributed by atoms with Crippen LogP contribution in [0.15, 0.2) is 23.0 Å². The summed E-state index contributed by atoms with van der Waals surface area (Å²) in [5.74, 6) is 0. The Morgan fingerprint density at radius 1 is 1.75 bits per heavy atom. The van der Waals surface area contributed by atoms with Gasteiger partial charge in [-0.1, -0.05) is 19.1 Å². The highest BCUT2D eigenvalue weighted by molar-refractivity contribution is 8.04. The average molecular weight is 128 g/mol. The molecule has 0 spiro atoms. The van der Waals surface area contributed by atoms with Crippen LogP contribution in [0.5, 0.6) is 0 Å². The SMILES string of the molecule is C=CS/C=C(\C)CC. The van der Waals surface area contributed by atoms with Crippen LogP contribution < -0.4 is 0 Å². The molecular weight excluding hydrogens is 116 g/mol. The molecule has 0 bridgehead atoms. The summed E-state index contributed by atoms with van der Waals surface area (Å²) in [4.78, 5) is 0. The molecule has 0 aromatic rings. The molecule has 0 rings (SSSR count). The van der Waals surface area contributed by atoms with Crippen molar-refractivity contribution in [3.05, 3.63) is 23.0 Å². The lowest BCUT2D eigenvalue weighted by Crippen LogP contribution is -1.64. The van der Waals surface area contributed by atoms with Gasteiger partial charge in [-0.2, -0.15) is 0 Å². The second kappa shape index (κ2) is 4.98. The van der Waals surface area contributed by atoms with E-state index in [1.807, 2.05) is 5.41 Å². The Morgan fingerprint density at radius 2 is 2.38 bits per heavy atom. The monoisotopic (exact) mass is 128 g/mol. The molecule has 0 atom stereocenters. The van der Waals surface area contributed by atoms with E-state index >= 15 is 0 Å². The van der Waals surface area contributed by atoms with Crippen LogP contribution in [-0.4, -0.2) is 0 Å². The fourth-order valence-corrected chi connectivity index (χ4v) is 0.743. The third kappa shape index (κ3) is 4.00. The molecule has 1 heteroatoms. The van der Waals surface area contributed by atoms with Crippen LogP contribution in [0.25, 0.3) is 0 Å². The molecular formula is C7H12S. The first-order valence-corrected chi connectivity index (χ1v) is 3.67. The number of hydrogen-bond donors (Lipinski definition) is 0. The normalized spacial score (nSPS) is 11.5. The molecule has 0 nitrogen and oxygen atoms in total. The lowest BCUT2D eigenvalue weighted by atomic mass is 10.3. The highest BCUT2D eigenvalue weighted by Crippen LogP contribution is 2.08. The molecule has 0 aliphatic heterocycles. The van der Waals surface area contributed by atoms with Gasteiger partial charge in [-0.3, -0.25) is 0 Å². The van der Waals surface area contributed by atoms with Crippen molar-refractivity contribution in [3.8, 4) is 0 Å². The zero-order valence-electron chi connectivity index (χ0n) is 5.48. The van der Waals surface area contributed by atoms with E-state index in [0.717, 1.165) is 6.42 Å². The number of rotatable bonds is 3. The first kappa shape index (κ1) is 7.83. The first-order valence-electron chi connectivity index (χ1n) is 2.73. The lowest BCUT2D eigenvalue weighted by Gasteiger charge is -1.88. The number of thioether (sulfide) groups is 1. The Morgan fingerprint density at radius 3 is 2.75 bits per heavy atom. The van der Waals surface area contributed by atoms with Crippen molar-refractivity contribution in [1.82, 2.24) is 0 Å². The maximum atomic E-state index is 3.59. The van der Waals surface area contributed by atoms with E-state index in [2.05, 4.69) is 25.8 Å². The molecule has 0 aliphatic carbocycles. The fourth-order valence-electron chi connectivity index (χ4n) is 0.248. The van der Waals surface area contributed by atoms with E-state index in [0.29, 0.717) is 0 Å². The van der Waals surface area contributed by atoms with Crippen molar-refractivity contribution in [2.75, 3.05) is 0 Å². The summed E-state index contributed by atoms with van der Waals surface area (Å²) in [7, 11) is 0. The quantitative estimate of drug-likeness (QED) is 0.562. The van der Waals surface area contributed by atoms with E-state index in [9.17, 15) is 0 Å². The fraction of sp³-hybridized carbons (Fsp3) is 0.429. The molecule has 0 unspecified atom stereocenters. The summed E-state index contributed by atoms with van der Waals surface area (Å²) in [6.45, 7) is 7.86. The van der Waals surface area contributed by atoms with Gasteiger partial charge in [-0.05, 0) is 24.2 Å². The van der Waals surface area contributed by atoms with Crippen LogP contribution in [0.1, 0.15) is 20.3 Å². The zero-order chi connectivity index (χ0) is 6.41. The Labute approximate surface area is 55.7 Å².